The van der Waals surface area contributed by atoms with Gasteiger partial charge in [0.1, 0.15) is 12.4 Å². The van der Waals surface area contributed by atoms with Gasteiger partial charge in [0.25, 0.3) is 0 Å². The largest absolute Gasteiger partial charge is 0.496 e. The average Bonchev–Trinajstić information content (AvgIpc) is 2.98. The summed E-state index contributed by atoms with van der Waals surface area (Å²) in [5.41, 5.74) is 3.05. The smallest absolute Gasteiger partial charge is 0.340 e. The number of hydrogen-bond donors (Lipinski definition) is 0. The summed E-state index contributed by atoms with van der Waals surface area (Å²) >= 11 is 3.40. The van der Waals surface area contributed by atoms with E-state index in [0.717, 1.165) is 21.4 Å². The second-order valence-electron chi connectivity index (χ2n) is 5.78. The van der Waals surface area contributed by atoms with Crippen LogP contribution in [0.1, 0.15) is 27.3 Å². The molecular formula is C19H18BrN3O3. The van der Waals surface area contributed by atoms with Gasteiger partial charge in [-0.25, -0.2) is 14.5 Å². The second kappa shape index (κ2) is 7.70. The van der Waals surface area contributed by atoms with Gasteiger partial charge in [0, 0.05) is 21.9 Å². The molecular weight excluding hydrogens is 398 g/mol. The molecule has 0 bridgehead atoms. The number of halogens is 1. The number of nitrogens with zero attached hydrogens (tertiary/aromatic N) is 3. The van der Waals surface area contributed by atoms with E-state index in [4.69, 9.17) is 9.47 Å². The Bertz CT molecular complexity index is 936. The van der Waals surface area contributed by atoms with Gasteiger partial charge >= 0.3 is 5.97 Å². The van der Waals surface area contributed by atoms with Crippen molar-refractivity contribution in [2.24, 2.45) is 0 Å². The number of benzene rings is 1. The molecule has 0 saturated carbocycles. The zero-order valence-corrected chi connectivity index (χ0v) is 16.3. The Morgan fingerprint density at radius 2 is 2.00 bits per heavy atom. The van der Waals surface area contributed by atoms with Crippen LogP contribution >= 0.6 is 15.9 Å². The minimum Gasteiger partial charge on any atom is -0.496 e. The molecule has 0 fully saturated rings. The standard InChI is InChI=1S/C19H18BrN3O3/c1-12-8-13(2)23(22-12)18-7-4-14(10-21-18)19(24)26-11-15-9-16(20)5-6-17(15)25-3/h4-10H,11H2,1-3H3. The van der Waals surface area contributed by atoms with Gasteiger partial charge in [-0.3, -0.25) is 0 Å². The Labute approximate surface area is 159 Å². The van der Waals surface area contributed by atoms with Crippen LogP contribution in [-0.2, 0) is 11.3 Å². The van der Waals surface area contributed by atoms with Crippen LogP contribution in [0.15, 0.2) is 47.1 Å². The van der Waals surface area contributed by atoms with Crippen LogP contribution < -0.4 is 4.74 Å². The van der Waals surface area contributed by atoms with Crippen molar-refractivity contribution in [1.29, 1.82) is 0 Å². The van der Waals surface area contributed by atoms with Crippen molar-refractivity contribution in [1.82, 2.24) is 14.8 Å². The molecule has 0 saturated heterocycles. The topological polar surface area (TPSA) is 66.2 Å². The summed E-state index contributed by atoms with van der Waals surface area (Å²) in [6.45, 7) is 3.99. The molecule has 0 N–H and O–H groups in total. The van der Waals surface area contributed by atoms with E-state index in [1.165, 1.54) is 6.20 Å². The Balaban J connectivity index is 1.71. The molecule has 2 heterocycles. The molecule has 7 heteroatoms. The molecule has 0 atom stereocenters. The van der Waals surface area contributed by atoms with E-state index in [9.17, 15) is 4.79 Å². The van der Waals surface area contributed by atoms with E-state index in [0.29, 0.717) is 17.1 Å². The average molecular weight is 416 g/mol. The van der Waals surface area contributed by atoms with Crippen LogP contribution in [0.3, 0.4) is 0 Å². The normalized spacial score (nSPS) is 10.6. The van der Waals surface area contributed by atoms with Crippen LogP contribution in [0.25, 0.3) is 5.82 Å². The maximum absolute atomic E-state index is 12.3. The fraction of sp³-hybridized carbons (Fsp3) is 0.211. The van der Waals surface area contributed by atoms with E-state index in [2.05, 4.69) is 26.0 Å². The Kier molecular flexibility index (Phi) is 5.37. The summed E-state index contributed by atoms with van der Waals surface area (Å²) in [6, 6.07) is 10.9. The lowest BCUT2D eigenvalue weighted by molar-refractivity contribution is 0.0469. The molecule has 3 aromatic rings. The van der Waals surface area contributed by atoms with E-state index in [-0.39, 0.29) is 6.61 Å². The number of carbonyl (C=O) groups is 1. The van der Waals surface area contributed by atoms with Crippen molar-refractivity contribution < 1.29 is 14.3 Å². The van der Waals surface area contributed by atoms with Crippen LogP contribution in [0.5, 0.6) is 5.75 Å². The van der Waals surface area contributed by atoms with Gasteiger partial charge in [0.05, 0.1) is 18.4 Å². The lowest BCUT2D eigenvalue weighted by Crippen LogP contribution is -2.08. The molecule has 0 aliphatic heterocycles. The van der Waals surface area contributed by atoms with Crippen LogP contribution in [0.2, 0.25) is 0 Å². The predicted octanol–water partition coefficient (Wildman–Crippen LogP) is 4.01. The number of hydrogen-bond acceptors (Lipinski definition) is 5. The molecule has 0 spiro atoms. The van der Waals surface area contributed by atoms with Gasteiger partial charge in [-0.05, 0) is 50.2 Å². The summed E-state index contributed by atoms with van der Waals surface area (Å²) in [6.07, 6.45) is 1.49. The van der Waals surface area contributed by atoms with Crippen molar-refractivity contribution in [2.75, 3.05) is 7.11 Å². The molecule has 0 radical (unpaired) electrons. The fourth-order valence-electron chi connectivity index (χ4n) is 2.58. The van der Waals surface area contributed by atoms with E-state index < -0.39 is 5.97 Å². The highest BCUT2D eigenvalue weighted by Crippen LogP contribution is 2.24. The summed E-state index contributed by atoms with van der Waals surface area (Å²) in [5, 5.41) is 4.38. The van der Waals surface area contributed by atoms with E-state index in [1.54, 1.807) is 23.9 Å². The number of pyridine rings is 1. The van der Waals surface area contributed by atoms with Gasteiger partial charge in [-0.2, -0.15) is 5.10 Å². The number of ether oxygens (including phenoxy) is 2. The molecule has 134 valence electrons. The van der Waals surface area contributed by atoms with Crippen molar-refractivity contribution >= 4 is 21.9 Å². The first-order valence-electron chi connectivity index (χ1n) is 7.97. The monoisotopic (exact) mass is 415 g/mol. The van der Waals surface area contributed by atoms with Crippen molar-refractivity contribution in [3.8, 4) is 11.6 Å². The zero-order valence-electron chi connectivity index (χ0n) is 14.7. The summed E-state index contributed by atoms with van der Waals surface area (Å²) < 4.78 is 13.3. The van der Waals surface area contributed by atoms with Crippen LogP contribution in [0, 0.1) is 13.8 Å². The van der Waals surface area contributed by atoms with Gasteiger partial charge in [-0.15, -0.1) is 0 Å². The number of carbonyl (C=O) groups excluding carboxylic acids is 1. The second-order valence-corrected chi connectivity index (χ2v) is 6.69. The predicted molar refractivity (Wildman–Crippen MR) is 101 cm³/mol. The Hall–Kier alpha value is -2.67. The number of aryl methyl sites for hydroxylation is 2. The maximum atomic E-state index is 12.3. The van der Waals surface area contributed by atoms with Gasteiger partial charge in [0.2, 0.25) is 0 Å². The third kappa shape index (κ3) is 3.94. The third-order valence-electron chi connectivity index (χ3n) is 3.81. The molecule has 3 rings (SSSR count). The first kappa shape index (κ1) is 18.1. The van der Waals surface area contributed by atoms with Crippen LogP contribution in [-0.4, -0.2) is 27.8 Å². The summed E-state index contributed by atoms with van der Waals surface area (Å²) in [4.78, 5) is 16.6. The number of aromatic nitrogens is 3. The maximum Gasteiger partial charge on any atom is 0.340 e. The van der Waals surface area contributed by atoms with Crippen molar-refractivity contribution in [2.45, 2.75) is 20.5 Å². The first-order valence-corrected chi connectivity index (χ1v) is 8.76. The van der Waals surface area contributed by atoms with Gasteiger partial charge < -0.3 is 9.47 Å². The van der Waals surface area contributed by atoms with E-state index in [1.807, 2.05) is 38.1 Å². The van der Waals surface area contributed by atoms with Crippen molar-refractivity contribution in [3.63, 3.8) is 0 Å². The van der Waals surface area contributed by atoms with Crippen LogP contribution in [0.4, 0.5) is 0 Å². The number of methoxy groups -OCH3 is 1. The summed E-state index contributed by atoms with van der Waals surface area (Å²) in [5.74, 6) is 0.874. The number of esters is 1. The molecule has 0 aliphatic rings. The zero-order chi connectivity index (χ0) is 18.7. The third-order valence-corrected chi connectivity index (χ3v) is 4.30. The lowest BCUT2D eigenvalue weighted by atomic mass is 10.2. The molecule has 2 aromatic heterocycles. The Morgan fingerprint density at radius 1 is 1.19 bits per heavy atom. The molecule has 6 nitrogen and oxygen atoms in total. The van der Waals surface area contributed by atoms with Crippen molar-refractivity contribution in [3.05, 3.63) is 69.6 Å². The minimum atomic E-state index is -0.445. The van der Waals surface area contributed by atoms with Gasteiger partial charge in [-0.1, -0.05) is 15.9 Å². The lowest BCUT2D eigenvalue weighted by Gasteiger charge is -2.10. The molecule has 0 amide bonds. The summed E-state index contributed by atoms with van der Waals surface area (Å²) in [7, 11) is 1.58. The SMILES string of the molecule is COc1ccc(Br)cc1COC(=O)c1ccc(-n2nc(C)cc2C)nc1. The minimum absolute atomic E-state index is 0.112. The molecule has 26 heavy (non-hydrogen) atoms. The Morgan fingerprint density at radius 3 is 2.62 bits per heavy atom. The first-order chi connectivity index (χ1) is 12.5. The van der Waals surface area contributed by atoms with E-state index >= 15 is 0 Å². The molecule has 0 aliphatic carbocycles. The highest BCUT2D eigenvalue weighted by atomic mass is 79.9. The highest BCUT2D eigenvalue weighted by molar-refractivity contribution is 9.10. The highest BCUT2D eigenvalue weighted by Gasteiger charge is 2.12. The van der Waals surface area contributed by atoms with Gasteiger partial charge in [0.15, 0.2) is 5.82 Å². The quantitative estimate of drug-likeness (QED) is 0.588. The molecule has 1 aromatic carbocycles. The number of rotatable bonds is 5. The molecule has 0 unspecified atom stereocenters. The fourth-order valence-corrected chi connectivity index (χ4v) is 2.99.